The van der Waals surface area contributed by atoms with Gasteiger partial charge in [-0.1, -0.05) is 30.3 Å². The van der Waals surface area contributed by atoms with Crippen molar-refractivity contribution in [2.45, 2.75) is 6.42 Å². The highest BCUT2D eigenvalue weighted by Crippen LogP contribution is 2.19. The lowest BCUT2D eigenvalue weighted by Crippen LogP contribution is -2.49. The van der Waals surface area contributed by atoms with Crippen LogP contribution in [0.25, 0.3) is 11.3 Å². The Kier molecular flexibility index (Phi) is 4.48. The van der Waals surface area contributed by atoms with Crippen LogP contribution >= 0.6 is 0 Å². The minimum absolute atomic E-state index is 0.0500. The number of nitrogens with zero attached hydrogens (tertiary/aromatic N) is 5. The number of amides is 1. The maximum Gasteiger partial charge on any atom is 0.236 e. The average Bonchev–Trinajstić information content (AvgIpc) is 2.63. The van der Waals surface area contributed by atoms with Crippen molar-refractivity contribution in [2.24, 2.45) is 0 Å². The Morgan fingerprint density at radius 1 is 1.04 bits per heavy atom. The van der Waals surface area contributed by atoms with Crippen LogP contribution in [0.5, 0.6) is 0 Å². The minimum atomic E-state index is -0.0994. The molecule has 3 rings (SSSR count). The number of carbonyl (C=O) groups is 1. The molecule has 0 unspecified atom stereocenters. The monoisotopic (exact) mass is 307 g/mol. The van der Waals surface area contributed by atoms with Crippen LogP contribution in [0, 0.1) is 11.3 Å². The molecule has 0 atom stereocenters. The molecule has 0 bridgehead atoms. The van der Waals surface area contributed by atoms with Crippen molar-refractivity contribution in [3.63, 3.8) is 0 Å². The zero-order valence-corrected chi connectivity index (χ0v) is 12.7. The third kappa shape index (κ3) is 3.46. The number of anilines is 1. The van der Waals surface area contributed by atoms with Crippen molar-refractivity contribution in [1.82, 2.24) is 15.1 Å². The van der Waals surface area contributed by atoms with Crippen molar-refractivity contribution < 1.29 is 4.79 Å². The first-order chi connectivity index (χ1) is 11.3. The van der Waals surface area contributed by atoms with Crippen LogP contribution in [-0.2, 0) is 4.79 Å². The van der Waals surface area contributed by atoms with Gasteiger partial charge in [-0.15, -0.1) is 10.2 Å². The van der Waals surface area contributed by atoms with E-state index < -0.39 is 0 Å². The summed E-state index contributed by atoms with van der Waals surface area (Å²) in [4.78, 5) is 15.5. The summed E-state index contributed by atoms with van der Waals surface area (Å²) in [5, 5.41) is 17.2. The van der Waals surface area contributed by atoms with Crippen LogP contribution < -0.4 is 4.90 Å². The lowest BCUT2D eigenvalue weighted by molar-refractivity contribution is -0.130. The van der Waals surface area contributed by atoms with Gasteiger partial charge in [0.1, 0.15) is 6.42 Å². The highest BCUT2D eigenvalue weighted by Gasteiger charge is 2.21. The molecule has 1 fully saturated rings. The van der Waals surface area contributed by atoms with Gasteiger partial charge in [-0.25, -0.2) is 0 Å². The fourth-order valence-corrected chi connectivity index (χ4v) is 2.62. The first-order valence-corrected chi connectivity index (χ1v) is 7.57. The molecule has 116 valence electrons. The molecule has 6 heteroatoms. The SMILES string of the molecule is N#CCC(=O)N1CCN(c2ccc(-c3ccccc3)nn2)CC1. The largest absolute Gasteiger partial charge is 0.352 e. The quantitative estimate of drug-likeness (QED) is 0.863. The second-order valence-electron chi connectivity index (χ2n) is 5.35. The van der Waals surface area contributed by atoms with Crippen LogP contribution in [0.15, 0.2) is 42.5 Å². The molecule has 2 heterocycles. The molecule has 0 spiro atoms. The number of hydrogen-bond donors (Lipinski definition) is 0. The van der Waals surface area contributed by atoms with Gasteiger partial charge in [0.05, 0.1) is 11.8 Å². The highest BCUT2D eigenvalue weighted by atomic mass is 16.2. The van der Waals surface area contributed by atoms with Crippen molar-refractivity contribution in [1.29, 1.82) is 5.26 Å². The Morgan fingerprint density at radius 2 is 1.78 bits per heavy atom. The molecule has 1 saturated heterocycles. The molecule has 1 aliphatic heterocycles. The first-order valence-electron chi connectivity index (χ1n) is 7.57. The van der Waals surface area contributed by atoms with E-state index in [1.54, 1.807) is 4.90 Å². The molecule has 1 aromatic carbocycles. The minimum Gasteiger partial charge on any atom is -0.352 e. The van der Waals surface area contributed by atoms with E-state index in [2.05, 4.69) is 15.1 Å². The van der Waals surface area contributed by atoms with Crippen LogP contribution in [0.2, 0.25) is 0 Å². The number of piperazine rings is 1. The third-order valence-electron chi connectivity index (χ3n) is 3.91. The lowest BCUT2D eigenvalue weighted by Gasteiger charge is -2.34. The number of nitriles is 1. The van der Waals surface area contributed by atoms with Crippen molar-refractivity contribution >= 4 is 11.7 Å². The van der Waals surface area contributed by atoms with Crippen molar-refractivity contribution in [2.75, 3.05) is 31.1 Å². The van der Waals surface area contributed by atoms with Gasteiger partial charge < -0.3 is 9.80 Å². The molecular formula is C17H17N5O. The van der Waals surface area contributed by atoms with Crippen LogP contribution in [-0.4, -0.2) is 47.2 Å². The van der Waals surface area contributed by atoms with Gasteiger partial charge >= 0.3 is 0 Å². The normalized spacial score (nSPS) is 14.4. The van der Waals surface area contributed by atoms with Gasteiger partial charge in [0.25, 0.3) is 0 Å². The van der Waals surface area contributed by atoms with E-state index in [1.807, 2.05) is 48.5 Å². The van der Waals surface area contributed by atoms with E-state index in [-0.39, 0.29) is 12.3 Å². The number of hydrogen-bond acceptors (Lipinski definition) is 5. The van der Waals surface area contributed by atoms with E-state index in [9.17, 15) is 4.79 Å². The van der Waals surface area contributed by atoms with E-state index in [4.69, 9.17) is 5.26 Å². The molecule has 1 aromatic heterocycles. The van der Waals surface area contributed by atoms with Gasteiger partial charge in [-0.2, -0.15) is 5.26 Å². The standard InChI is InChI=1S/C17H17N5O/c18-9-8-17(23)22-12-10-21(11-13-22)16-7-6-15(19-20-16)14-4-2-1-3-5-14/h1-7H,8,10-13H2. The summed E-state index contributed by atoms with van der Waals surface area (Å²) in [6, 6.07) is 15.8. The number of benzene rings is 1. The topological polar surface area (TPSA) is 73.1 Å². The van der Waals surface area contributed by atoms with Gasteiger partial charge in [0, 0.05) is 31.7 Å². The van der Waals surface area contributed by atoms with Crippen LogP contribution in [0.1, 0.15) is 6.42 Å². The Labute approximate surface area is 135 Å². The fourth-order valence-electron chi connectivity index (χ4n) is 2.62. The Hall–Kier alpha value is -2.94. The van der Waals surface area contributed by atoms with Crippen molar-refractivity contribution in [3.8, 4) is 17.3 Å². The van der Waals surface area contributed by atoms with Crippen LogP contribution in [0.4, 0.5) is 5.82 Å². The Balaban J connectivity index is 1.63. The number of aromatic nitrogens is 2. The van der Waals surface area contributed by atoms with Gasteiger partial charge in [0.15, 0.2) is 5.82 Å². The molecule has 0 saturated carbocycles. The molecule has 2 aromatic rings. The number of carbonyl (C=O) groups excluding carboxylic acids is 1. The molecule has 6 nitrogen and oxygen atoms in total. The predicted molar refractivity (Wildman–Crippen MR) is 86.5 cm³/mol. The lowest BCUT2D eigenvalue weighted by atomic mass is 10.1. The van der Waals surface area contributed by atoms with Crippen molar-refractivity contribution in [3.05, 3.63) is 42.5 Å². The smallest absolute Gasteiger partial charge is 0.236 e. The van der Waals surface area contributed by atoms with Gasteiger partial charge in [-0.05, 0) is 12.1 Å². The van der Waals surface area contributed by atoms with E-state index in [0.29, 0.717) is 26.2 Å². The summed E-state index contributed by atoms with van der Waals surface area (Å²) in [5.74, 6) is 0.717. The fraction of sp³-hybridized carbons (Fsp3) is 0.294. The molecule has 1 aliphatic rings. The van der Waals surface area contributed by atoms with Crippen LogP contribution in [0.3, 0.4) is 0 Å². The first kappa shape index (κ1) is 15.0. The molecule has 0 aliphatic carbocycles. The zero-order valence-electron chi connectivity index (χ0n) is 12.7. The maximum absolute atomic E-state index is 11.7. The van der Waals surface area contributed by atoms with E-state index in [0.717, 1.165) is 17.1 Å². The summed E-state index contributed by atoms with van der Waals surface area (Å²) in [7, 11) is 0. The highest BCUT2D eigenvalue weighted by molar-refractivity contribution is 5.78. The Morgan fingerprint density at radius 3 is 2.39 bits per heavy atom. The summed E-state index contributed by atoms with van der Waals surface area (Å²) < 4.78 is 0. The maximum atomic E-state index is 11.7. The second-order valence-corrected chi connectivity index (χ2v) is 5.35. The van der Waals surface area contributed by atoms with Gasteiger partial charge in [0.2, 0.25) is 5.91 Å². The summed E-state index contributed by atoms with van der Waals surface area (Å²) in [5.41, 5.74) is 1.88. The summed E-state index contributed by atoms with van der Waals surface area (Å²) in [6.07, 6.45) is -0.0500. The summed E-state index contributed by atoms with van der Waals surface area (Å²) >= 11 is 0. The average molecular weight is 307 g/mol. The second kappa shape index (κ2) is 6.88. The predicted octanol–water partition coefficient (Wildman–Crippen LogP) is 1.71. The van der Waals surface area contributed by atoms with E-state index >= 15 is 0 Å². The molecule has 0 radical (unpaired) electrons. The van der Waals surface area contributed by atoms with Gasteiger partial charge in [-0.3, -0.25) is 4.79 Å². The zero-order chi connectivity index (χ0) is 16.1. The van der Waals surface area contributed by atoms with E-state index in [1.165, 1.54) is 0 Å². The molecular weight excluding hydrogens is 290 g/mol. The molecule has 1 amide bonds. The molecule has 0 N–H and O–H groups in total. The summed E-state index contributed by atoms with van der Waals surface area (Å²) in [6.45, 7) is 2.64. The number of rotatable bonds is 3. The molecule has 23 heavy (non-hydrogen) atoms. The third-order valence-corrected chi connectivity index (χ3v) is 3.91. The Bertz CT molecular complexity index is 700.